The van der Waals surface area contributed by atoms with Crippen LogP contribution in [-0.2, 0) is 0 Å². The minimum Gasteiger partial charge on any atom is -0.234 e. The van der Waals surface area contributed by atoms with Gasteiger partial charge in [0.25, 0.3) is 0 Å². The molecule has 0 bridgehead atoms. The summed E-state index contributed by atoms with van der Waals surface area (Å²) in [5.74, 6) is 0.816. The van der Waals surface area contributed by atoms with Crippen LogP contribution in [0.15, 0.2) is 24.7 Å². The van der Waals surface area contributed by atoms with Crippen molar-refractivity contribution in [3.8, 4) is 11.9 Å². The number of rotatable bonds is 2. The molecule has 0 amide bonds. The van der Waals surface area contributed by atoms with Gasteiger partial charge in [-0.15, -0.1) is 4.80 Å². The Kier molecular flexibility index (Phi) is 2.64. The minimum absolute atomic E-state index is 0.347. The first-order chi connectivity index (χ1) is 7.72. The van der Waals surface area contributed by atoms with Crippen LogP contribution < -0.4 is 0 Å². The lowest BCUT2D eigenvalue weighted by molar-refractivity contribution is 0.723. The molecule has 80 valence electrons. The molecule has 0 aromatic carbocycles. The Morgan fingerprint density at radius 3 is 2.56 bits per heavy atom. The van der Waals surface area contributed by atoms with Gasteiger partial charge in [-0.3, -0.25) is 0 Å². The molecular weight excluding hydrogens is 202 g/mol. The van der Waals surface area contributed by atoms with Gasteiger partial charge in [-0.05, 0) is 17.5 Å². The molecule has 16 heavy (non-hydrogen) atoms. The molecule has 0 aliphatic heterocycles. The van der Waals surface area contributed by atoms with Gasteiger partial charge in [0.1, 0.15) is 6.07 Å². The summed E-state index contributed by atoms with van der Waals surface area (Å²) in [6.45, 7) is 4.12. The first-order valence-electron chi connectivity index (χ1n) is 4.99. The van der Waals surface area contributed by atoms with Crippen molar-refractivity contribution in [3.05, 3.63) is 35.8 Å². The lowest BCUT2D eigenvalue weighted by Gasteiger charge is -2.07. The van der Waals surface area contributed by atoms with Gasteiger partial charge in [-0.25, -0.2) is 4.98 Å². The van der Waals surface area contributed by atoms with Crippen LogP contribution in [0.1, 0.15) is 30.9 Å². The number of nitriles is 1. The normalized spacial score (nSPS) is 10.4. The summed E-state index contributed by atoms with van der Waals surface area (Å²) < 4.78 is 0. The second-order valence-corrected chi connectivity index (χ2v) is 3.72. The maximum absolute atomic E-state index is 9.06. The van der Waals surface area contributed by atoms with Gasteiger partial charge in [0.05, 0.1) is 18.0 Å². The SMILES string of the molecule is CC(C)c1cnc(-n2nccn2)c(C#N)c1. The van der Waals surface area contributed by atoms with E-state index in [1.807, 2.05) is 6.07 Å². The molecule has 5 nitrogen and oxygen atoms in total. The van der Waals surface area contributed by atoms with Gasteiger partial charge >= 0.3 is 0 Å². The average molecular weight is 213 g/mol. The van der Waals surface area contributed by atoms with Gasteiger partial charge in [0.2, 0.25) is 0 Å². The van der Waals surface area contributed by atoms with Crippen molar-refractivity contribution in [1.29, 1.82) is 5.26 Å². The van der Waals surface area contributed by atoms with Crippen molar-refractivity contribution in [1.82, 2.24) is 20.0 Å². The van der Waals surface area contributed by atoms with E-state index in [1.54, 1.807) is 18.6 Å². The van der Waals surface area contributed by atoms with Crippen molar-refractivity contribution in [2.45, 2.75) is 19.8 Å². The summed E-state index contributed by atoms with van der Waals surface area (Å²) >= 11 is 0. The highest BCUT2D eigenvalue weighted by Gasteiger charge is 2.10. The zero-order valence-corrected chi connectivity index (χ0v) is 9.12. The molecule has 2 aromatic rings. The average Bonchev–Trinajstić information content (AvgIpc) is 2.81. The predicted molar refractivity (Wildman–Crippen MR) is 58.0 cm³/mol. The van der Waals surface area contributed by atoms with Crippen molar-refractivity contribution < 1.29 is 0 Å². The van der Waals surface area contributed by atoms with E-state index in [2.05, 4.69) is 35.1 Å². The van der Waals surface area contributed by atoms with Crippen LogP contribution in [0.3, 0.4) is 0 Å². The van der Waals surface area contributed by atoms with E-state index in [-0.39, 0.29) is 0 Å². The highest BCUT2D eigenvalue weighted by Crippen LogP contribution is 2.17. The molecule has 2 rings (SSSR count). The van der Waals surface area contributed by atoms with Crippen molar-refractivity contribution in [2.24, 2.45) is 0 Å². The molecule has 2 heterocycles. The van der Waals surface area contributed by atoms with Crippen molar-refractivity contribution in [2.75, 3.05) is 0 Å². The molecule has 0 aliphatic carbocycles. The van der Waals surface area contributed by atoms with E-state index < -0.39 is 0 Å². The molecule has 0 atom stereocenters. The van der Waals surface area contributed by atoms with E-state index in [1.165, 1.54) is 4.80 Å². The Morgan fingerprint density at radius 1 is 1.31 bits per heavy atom. The van der Waals surface area contributed by atoms with Crippen LogP contribution in [0.2, 0.25) is 0 Å². The fraction of sp³-hybridized carbons (Fsp3) is 0.273. The molecule has 0 spiro atoms. The summed E-state index contributed by atoms with van der Waals surface area (Å²) in [4.78, 5) is 5.58. The van der Waals surface area contributed by atoms with Crippen LogP contribution in [-0.4, -0.2) is 20.0 Å². The fourth-order valence-corrected chi connectivity index (χ4v) is 1.36. The van der Waals surface area contributed by atoms with Crippen molar-refractivity contribution >= 4 is 0 Å². The smallest absolute Gasteiger partial charge is 0.192 e. The summed E-state index contributed by atoms with van der Waals surface area (Å²) in [7, 11) is 0. The fourth-order valence-electron chi connectivity index (χ4n) is 1.36. The third kappa shape index (κ3) is 1.77. The highest BCUT2D eigenvalue weighted by atomic mass is 15.5. The molecule has 0 unspecified atom stereocenters. The largest absolute Gasteiger partial charge is 0.234 e. The summed E-state index contributed by atoms with van der Waals surface area (Å²) in [5, 5.41) is 17.0. The van der Waals surface area contributed by atoms with E-state index >= 15 is 0 Å². The molecule has 0 saturated carbocycles. The van der Waals surface area contributed by atoms with Crippen LogP contribution in [0.4, 0.5) is 0 Å². The molecule has 0 aliphatic rings. The summed E-state index contributed by atoms with van der Waals surface area (Å²) in [5.41, 5.74) is 1.52. The summed E-state index contributed by atoms with van der Waals surface area (Å²) in [6, 6.07) is 3.95. The molecule has 2 aromatic heterocycles. The van der Waals surface area contributed by atoms with Gasteiger partial charge in [0, 0.05) is 6.20 Å². The third-order valence-corrected chi connectivity index (χ3v) is 2.28. The lowest BCUT2D eigenvalue weighted by Crippen LogP contribution is -2.05. The number of nitrogens with zero attached hydrogens (tertiary/aromatic N) is 5. The maximum Gasteiger partial charge on any atom is 0.192 e. The maximum atomic E-state index is 9.06. The third-order valence-electron chi connectivity index (χ3n) is 2.28. The van der Waals surface area contributed by atoms with Gasteiger partial charge in [0.15, 0.2) is 5.82 Å². The summed E-state index contributed by atoms with van der Waals surface area (Å²) in [6.07, 6.45) is 4.86. The Morgan fingerprint density at radius 2 is 2.00 bits per heavy atom. The Balaban J connectivity index is 2.53. The number of aromatic nitrogens is 4. The monoisotopic (exact) mass is 213 g/mol. The van der Waals surface area contributed by atoms with Crippen LogP contribution in [0.25, 0.3) is 5.82 Å². The Labute approximate surface area is 93.4 Å². The standard InChI is InChI=1S/C11H11N5/c1-8(2)10-5-9(6-12)11(13-7-10)16-14-3-4-15-16/h3-5,7-8H,1-2H3. The van der Waals surface area contributed by atoms with Gasteiger partial charge in [-0.1, -0.05) is 13.8 Å². The van der Waals surface area contributed by atoms with E-state index in [9.17, 15) is 0 Å². The van der Waals surface area contributed by atoms with Crippen LogP contribution >= 0.6 is 0 Å². The Hall–Kier alpha value is -2.22. The van der Waals surface area contributed by atoms with Crippen molar-refractivity contribution in [3.63, 3.8) is 0 Å². The molecule has 0 saturated heterocycles. The number of hydrogen-bond donors (Lipinski definition) is 0. The highest BCUT2D eigenvalue weighted by molar-refractivity contribution is 5.44. The first kappa shape index (κ1) is 10.3. The van der Waals surface area contributed by atoms with Crippen LogP contribution in [0.5, 0.6) is 0 Å². The molecule has 0 N–H and O–H groups in total. The second-order valence-electron chi connectivity index (χ2n) is 3.72. The predicted octanol–water partition coefficient (Wildman–Crippen LogP) is 1.66. The van der Waals surface area contributed by atoms with Crippen LogP contribution in [0, 0.1) is 11.3 Å². The number of hydrogen-bond acceptors (Lipinski definition) is 4. The van der Waals surface area contributed by atoms with E-state index in [0.717, 1.165) is 5.56 Å². The molecule has 0 radical (unpaired) electrons. The lowest BCUT2D eigenvalue weighted by atomic mass is 10.0. The minimum atomic E-state index is 0.347. The molecule has 0 fully saturated rings. The molecular formula is C11H11N5. The van der Waals surface area contributed by atoms with E-state index in [0.29, 0.717) is 17.3 Å². The van der Waals surface area contributed by atoms with Gasteiger partial charge in [-0.2, -0.15) is 15.5 Å². The van der Waals surface area contributed by atoms with E-state index in [4.69, 9.17) is 5.26 Å². The zero-order chi connectivity index (χ0) is 11.5. The molecule has 5 heteroatoms. The number of pyridine rings is 1. The zero-order valence-electron chi connectivity index (χ0n) is 9.12. The Bertz CT molecular complexity index is 522. The second kappa shape index (κ2) is 4.11. The first-order valence-corrected chi connectivity index (χ1v) is 4.99. The van der Waals surface area contributed by atoms with Gasteiger partial charge < -0.3 is 0 Å². The topological polar surface area (TPSA) is 67.4 Å². The quantitative estimate of drug-likeness (QED) is 0.760.